The van der Waals surface area contributed by atoms with Gasteiger partial charge < -0.3 is 4.90 Å². The van der Waals surface area contributed by atoms with E-state index >= 15 is 0 Å². The highest BCUT2D eigenvalue weighted by Crippen LogP contribution is 2.40. The molecule has 4 nitrogen and oxygen atoms in total. The zero-order valence-electron chi connectivity index (χ0n) is 19.7. The average molecular weight is 503 g/mol. The number of carbonyl (C=O) groups is 2. The Morgan fingerprint density at radius 3 is 2.31 bits per heavy atom. The summed E-state index contributed by atoms with van der Waals surface area (Å²) in [4.78, 5) is 32.3. The lowest BCUT2D eigenvalue weighted by molar-refractivity contribution is -0.121. The number of rotatable bonds is 7. The first kappa shape index (κ1) is 23.7. The van der Waals surface area contributed by atoms with Crippen molar-refractivity contribution in [2.45, 2.75) is 44.0 Å². The highest BCUT2D eigenvalue weighted by molar-refractivity contribution is 8.04. The summed E-state index contributed by atoms with van der Waals surface area (Å²) >= 11 is 7.40. The van der Waals surface area contributed by atoms with Crippen molar-refractivity contribution < 1.29 is 9.59 Å². The Bertz CT molecular complexity index is 1280. The van der Waals surface area contributed by atoms with E-state index in [4.69, 9.17) is 11.6 Å². The number of aryl methyl sites for hydroxylation is 1. The Kier molecular flexibility index (Phi) is 6.98. The molecule has 2 aliphatic rings. The highest BCUT2D eigenvalue weighted by Gasteiger charge is 2.43. The Morgan fingerprint density at radius 2 is 1.60 bits per heavy atom. The quantitative estimate of drug-likeness (QED) is 0.340. The molecule has 2 amide bonds. The lowest BCUT2D eigenvalue weighted by atomic mass is 9.99. The third kappa shape index (κ3) is 4.89. The molecular weight excluding hydrogens is 476 g/mol. The highest BCUT2D eigenvalue weighted by atomic mass is 35.5. The van der Waals surface area contributed by atoms with Crippen molar-refractivity contribution in [1.82, 2.24) is 4.90 Å². The summed E-state index contributed by atoms with van der Waals surface area (Å²) in [5.74, 6) is -0.530. The molecule has 0 N–H and O–H groups in total. The first-order valence-electron chi connectivity index (χ1n) is 12.0. The number of thioether (sulfide) groups is 1. The number of hydrogen-bond acceptors (Lipinski definition) is 4. The summed E-state index contributed by atoms with van der Waals surface area (Å²) in [5, 5.41) is 0.634. The maximum atomic E-state index is 13.8. The first-order valence-corrected chi connectivity index (χ1v) is 13.2. The number of unbranched alkanes of at least 4 members (excludes halogenated alkanes) is 1. The van der Waals surface area contributed by atoms with Crippen LogP contribution < -0.4 is 4.90 Å². The van der Waals surface area contributed by atoms with Gasteiger partial charge in [-0.3, -0.25) is 9.59 Å². The van der Waals surface area contributed by atoms with Crippen LogP contribution in [-0.4, -0.2) is 23.3 Å². The maximum Gasteiger partial charge on any atom is 0.283 e. The van der Waals surface area contributed by atoms with Crippen molar-refractivity contribution in [1.29, 1.82) is 0 Å². The van der Waals surface area contributed by atoms with Crippen LogP contribution in [0.4, 0.5) is 5.69 Å². The molecule has 3 aromatic carbocycles. The zero-order valence-corrected chi connectivity index (χ0v) is 21.2. The van der Waals surface area contributed by atoms with Crippen LogP contribution in [0.1, 0.15) is 36.5 Å². The Labute approximate surface area is 215 Å². The molecule has 0 saturated heterocycles. The summed E-state index contributed by atoms with van der Waals surface area (Å²) < 4.78 is 0. The van der Waals surface area contributed by atoms with E-state index in [1.165, 1.54) is 33.4 Å². The normalized spacial score (nSPS) is 15.7. The zero-order chi connectivity index (χ0) is 24.4. The van der Waals surface area contributed by atoms with Gasteiger partial charge in [0.2, 0.25) is 0 Å². The molecule has 6 heteroatoms. The van der Waals surface area contributed by atoms with Gasteiger partial charge >= 0.3 is 0 Å². The van der Waals surface area contributed by atoms with Gasteiger partial charge in [-0.25, -0.2) is 4.90 Å². The summed E-state index contributed by atoms with van der Waals surface area (Å²) in [7, 11) is 0. The van der Waals surface area contributed by atoms with Crippen LogP contribution >= 0.6 is 23.4 Å². The molecule has 5 rings (SSSR count). The predicted molar refractivity (Wildman–Crippen MR) is 142 cm³/mol. The van der Waals surface area contributed by atoms with Gasteiger partial charge in [0.25, 0.3) is 11.8 Å². The molecule has 0 atom stereocenters. The molecule has 0 aliphatic carbocycles. The monoisotopic (exact) mass is 502 g/mol. The Balaban J connectivity index is 1.49. The number of nitrogens with zero attached hydrogens (tertiary/aromatic N) is 2. The van der Waals surface area contributed by atoms with Crippen molar-refractivity contribution in [3.8, 4) is 0 Å². The summed E-state index contributed by atoms with van der Waals surface area (Å²) in [6.07, 6.45) is 4.08. The number of amides is 2. The van der Waals surface area contributed by atoms with Gasteiger partial charge in [-0.1, -0.05) is 73.1 Å². The van der Waals surface area contributed by atoms with Gasteiger partial charge in [-0.15, -0.1) is 0 Å². The lowest BCUT2D eigenvalue weighted by Crippen LogP contribution is -2.37. The van der Waals surface area contributed by atoms with Crippen molar-refractivity contribution in [3.05, 3.63) is 105 Å². The summed E-state index contributed by atoms with van der Waals surface area (Å²) in [6.45, 7) is 3.47. The van der Waals surface area contributed by atoms with Crippen LogP contribution in [0.3, 0.4) is 0 Å². The molecule has 0 unspecified atom stereocenters. The van der Waals surface area contributed by atoms with Gasteiger partial charge in [-0.2, -0.15) is 0 Å². The van der Waals surface area contributed by atoms with Gasteiger partial charge in [0.1, 0.15) is 10.6 Å². The number of imide groups is 1. The van der Waals surface area contributed by atoms with Crippen molar-refractivity contribution in [3.63, 3.8) is 0 Å². The van der Waals surface area contributed by atoms with Gasteiger partial charge in [0.05, 0.1) is 5.69 Å². The SMILES string of the molecule is CCCCc1ccc(N2C(=O)C(Sc3ccc(Cl)cc3)=C(N3CCc4ccccc4C3)C2=O)cc1. The van der Waals surface area contributed by atoms with E-state index in [0.29, 0.717) is 34.4 Å². The minimum Gasteiger partial charge on any atom is -0.361 e. The second kappa shape index (κ2) is 10.3. The topological polar surface area (TPSA) is 40.6 Å². The molecule has 0 aromatic heterocycles. The lowest BCUT2D eigenvalue weighted by Gasteiger charge is -2.31. The number of hydrogen-bond donors (Lipinski definition) is 0. The molecule has 0 radical (unpaired) electrons. The second-order valence-corrected chi connectivity index (χ2v) is 10.4. The van der Waals surface area contributed by atoms with Gasteiger partial charge in [0, 0.05) is 23.0 Å². The molecule has 0 spiro atoms. The van der Waals surface area contributed by atoms with E-state index in [1.807, 2.05) is 48.5 Å². The summed E-state index contributed by atoms with van der Waals surface area (Å²) in [5.41, 5.74) is 4.81. The van der Waals surface area contributed by atoms with E-state index in [9.17, 15) is 9.59 Å². The van der Waals surface area contributed by atoms with Crippen LogP contribution in [0, 0.1) is 0 Å². The number of halogens is 1. The molecule has 2 heterocycles. The van der Waals surface area contributed by atoms with Gasteiger partial charge in [0.15, 0.2) is 0 Å². The number of carbonyl (C=O) groups excluding carboxylic acids is 2. The van der Waals surface area contributed by atoms with Crippen LogP contribution in [0.2, 0.25) is 5.02 Å². The predicted octanol–water partition coefficient (Wildman–Crippen LogP) is 6.62. The number of benzene rings is 3. The Morgan fingerprint density at radius 1 is 0.886 bits per heavy atom. The van der Waals surface area contributed by atoms with Crippen LogP contribution in [0.5, 0.6) is 0 Å². The van der Waals surface area contributed by atoms with E-state index in [0.717, 1.165) is 30.6 Å². The number of anilines is 1. The van der Waals surface area contributed by atoms with Crippen LogP contribution in [0.25, 0.3) is 0 Å². The fraction of sp³-hybridized carbons (Fsp3) is 0.241. The van der Waals surface area contributed by atoms with E-state index in [1.54, 1.807) is 12.1 Å². The van der Waals surface area contributed by atoms with E-state index in [2.05, 4.69) is 24.0 Å². The third-order valence-corrected chi connectivity index (χ3v) is 7.84. The molecular formula is C29H27ClN2O2S. The fourth-order valence-electron chi connectivity index (χ4n) is 4.60. The molecule has 3 aromatic rings. The van der Waals surface area contributed by atoms with Crippen LogP contribution in [-0.2, 0) is 29.0 Å². The molecule has 2 aliphatic heterocycles. The Hall–Kier alpha value is -3.02. The van der Waals surface area contributed by atoms with Crippen molar-refractivity contribution >= 4 is 40.9 Å². The largest absolute Gasteiger partial charge is 0.361 e. The first-order chi connectivity index (χ1) is 17.0. The second-order valence-electron chi connectivity index (χ2n) is 8.89. The van der Waals surface area contributed by atoms with Crippen molar-refractivity contribution in [2.24, 2.45) is 0 Å². The number of fused-ring (bicyclic) bond motifs is 1. The van der Waals surface area contributed by atoms with Crippen molar-refractivity contribution in [2.75, 3.05) is 11.4 Å². The minimum absolute atomic E-state index is 0.257. The fourth-order valence-corrected chi connectivity index (χ4v) is 5.73. The summed E-state index contributed by atoms with van der Waals surface area (Å²) in [6, 6.07) is 23.5. The van der Waals surface area contributed by atoms with E-state index < -0.39 is 0 Å². The molecule has 0 fully saturated rings. The van der Waals surface area contributed by atoms with E-state index in [-0.39, 0.29) is 11.8 Å². The molecule has 0 saturated carbocycles. The average Bonchev–Trinajstić information content (AvgIpc) is 3.13. The smallest absolute Gasteiger partial charge is 0.283 e. The van der Waals surface area contributed by atoms with Crippen LogP contribution in [0.15, 0.2) is 88.3 Å². The third-order valence-electron chi connectivity index (χ3n) is 6.51. The minimum atomic E-state index is -0.273. The molecule has 35 heavy (non-hydrogen) atoms. The molecule has 0 bridgehead atoms. The van der Waals surface area contributed by atoms with Gasteiger partial charge in [-0.05, 0) is 72.4 Å². The molecule has 178 valence electrons. The standard InChI is InChI=1S/C29H27ClN2O2S/c1-2-3-6-20-9-13-24(14-10-20)32-28(33)26(31-18-17-21-7-4-5-8-22(21)19-31)27(29(32)34)35-25-15-11-23(30)12-16-25/h4-5,7-16H,2-3,6,17-19H2,1H3. The maximum absolute atomic E-state index is 13.8.